The number of ether oxygens (including phenoxy) is 1. The van der Waals surface area contributed by atoms with Gasteiger partial charge >= 0.3 is 0 Å². The van der Waals surface area contributed by atoms with Gasteiger partial charge in [0.25, 0.3) is 0 Å². The van der Waals surface area contributed by atoms with Gasteiger partial charge in [-0.3, -0.25) is 0 Å². The van der Waals surface area contributed by atoms with Crippen molar-refractivity contribution < 1.29 is 9.13 Å². The Balaban J connectivity index is 2.07. The van der Waals surface area contributed by atoms with E-state index in [1.54, 1.807) is 19.2 Å². The predicted octanol–water partition coefficient (Wildman–Crippen LogP) is 2.45. The molecule has 0 bridgehead atoms. The third kappa shape index (κ3) is 3.21. The lowest BCUT2D eigenvalue weighted by Crippen LogP contribution is -2.10. The largest absolute Gasteiger partial charge is 0.497 e. The lowest BCUT2D eigenvalue weighted by atomic mass is 10.3. The number of aryl methyl sites for hydroxylation is 1. The van der Waals surface area contributed by atoms with Gasteiger partial charge in [0, 0.05) is 12.6 Å². The van der Waals surface area contributed by atoms with Crippen molar-refractivity contribution in [2.75, 3.05) is 12.4 Å². The maximum Gasteiger partial charge on any atom is 0.146 e. The van der Waals surface area contributed by atoms with Gasteiger partial charge in [-0.05, 0) is 18.6 Å². The van der Waals surface area contributed by atoms with Crippen LogP contribution in [0.2, 0.25) is 0 Å². The fraction of sp³-hybridized carbons (Fsp3) is 0.385. The third-order valence-electron chi connectivity index (χ3n) is 2.74. The SMILES string of the molecule is CCCn1ncnc1CNc1cc(OC)ccc1F. The van der Waals surface area contributed by atoms with E-state index in [4.69, 9.17) is 4.74 Å². The van der Waals surface area contributed by atoms with Crippen molar-refractivity contribution in [3.63, 3.8) is 0 Å². The highest BCUT2D eigenvalue weighted by Gasteiger charge is 2.07. The smallest absolute Gasteiger partial charge is 0.146 e. The van der Waals surface area contributed by atoms with Crippen LogP contribution in [-0.2, 0) is 13.1 Å². The molecule has 0 amide bonds. The Kier molecular flexibility index (Phi) is 4.33. The highest BCUT2D eigenvalue weighted by atomic mass is 19.1. The summed E-state index contributed by atoms with van der Waals surface area (Å²) in [4.78, 5) is 4.16. The Bertz CT molecular complexity index is 541. The topological polar surface area (TPSA) is 52.0 Å². The fourth-order valence-electron chi connectivity index (χ4n) is 1.76. The molecule has 6 heteroatoms. The minimum atomic E-state index is -0.317. The summed E-state index contributed by atoms with van der Waals surface area (Å²) in [6.07, 6.45) is 2.48. The van der Waals surface area contributed by atoms with Gasteiger partial charge in [0.05, 0.1) is 19.3 Å². The fourth-order valence-corrected chi connectivity index (χ4v) is 1.76. The molecule has 0 unspecified atom stereocenters. The number of nitrogens with zero attached hydrogens (tertiary/aromatic N) is 3. The second kappa shape index (κ2) is 6.17. The van der Waals surface area contributed by atoms with Crippen molar-refractivity contribution in [2.45, 2.75) is 26.4 Å². The van der Waals surface area contributed by atoms with Gasteiger partial charge in [-0.15, -0.1) is 0 Å². The van der Waals surface area contributed by atoms with E-state index >= 15 is 0 Å². The minimum absolute atomic E-state index is 0.317. The number of aromatic nitrogens is 3. The molecule has 0 saturated carbocycles. The first-order valence-electron chi connectivity index (χ1n) is 6.18. The van der Waals surface area contributed by atoms with Crippen molar-refractivity contribution in [3.8, 4) is 5.75 Å². The summed E-state index contributed by atoms with van der Waals surface area (Å²) in [5, 5.41) is 7.13. The molecule has 2 aromatic rings. The average molecular weight is 264 g/mol. The van der Waals surface area contributed by atoms with Crippen LogP contribution in [0.15, 0.2) is 24.5 Å². The third-order valence-corrected chi connectivity index (χ3v) is 2.74. The van der Waals surface area contributed by atoms with Crippen LogP contribution < -0.4 is 10.1 Å². The quantitative estimate of drug-likeness (QED) is 0.870. The molecule has 19 heavy (non-hydrogen) atoms. The van der Waals surface area contributed by atoms with Crippen LogP contribution in [0, 0.1) is 5.82 Å². The van der Waals surface area contributed by atoms with Crippen LogP contribution >= 0.6 is 0 Å². The number of methoxy groups -OCH3 is 1. The maximum absolute atomic E-state index is 13.6. The minimum Gasteiger partial charge on any atom is -0.497 e. The monoisotopic (exact) mass is 264 g/mol. The van der Waals surface area contributed by atoms with E-state index < -0.39 is 0 Å². The van der Waals surface area contributed by atoms with E-state index in [1.807, 2.05) is 4.68 Å². The number of hydrogen-bond donors (Lipinski definition) is 1. The van der Waals surface area contributed by atoms with Crippen molar-refractivity contribution >= 4 is 5.69 Å². The molecule has 0 spiro atoms. The Hall–Kier alpha value is -2.11. The number of benzene rings is 1. The zero-order chi connectivity index (χ0) is 13.7. The van der Waals surface area contributed by atoms with E-state index in [9.17, 15) is 4.39 Å². The molecule has 5 nitrogen and oxygen atoms in total. The normalized spacial score (nSPS) is 10.5. The summed E-state index contributed by atoms with van der Waals surface area (Å²) >= 11 is 0. The van der Waals surface area contributed by atoms with Gasteiger partial charge in [0.15, 0.2) is 0 Å². The van der Waals surface area contributed by atoms with Crippen molar-refractivity contribution in [3.05, 3.63) is 36.2 Å². The van der Waals surface area contributed by atoms with Crippen molar-refractivity contribution in [1.82, 2.24) is 14.8 Å². The van der Waals surface area contributed by atoms with Gasteiger partial charge in [0.1, 0.15) is 23.7 Å². The van der Waals surface area contributed by atoms with E-state index in [1.165, 1.54) is 12.4 Å². The van der Waals surface area contributed by atoms with Crippen LogP contribution in [-0.4, -0.2) is 21.9 Å². The van der Waals surface area contributed by atoms with Crippen LogP contribution in [0.1, 0.15) is 19.2 Å². The van der Waals surface area contributed by atoms with E-state index in [0.717, 1.165) is 18.8 Å². The number of halogens is 1. The van der Waals surface area contributed by atoms with Gasteiger partial charge < -0.3 is 10.1 Å². The van der Waals surface area contributed by atoms with Crippen LogP contribution in [0.25, 0.3) is 0 Å². The standard InChI is InChI=1S/C13H17FN4O/c1-3-6-18-13(16-9-17-18)8-15-12-7-10(19-2)4-5-11(12)14/h4-5,7,9,15H,3,6,8H2,1-2H3. The van der Waals surface area contributed by atoms with E-state index in [0.29, 0.717) is 18.0 Å². The highest BCUT2D eigenvalue weighted by Crippen LogP contribution is 2.21. The molecule has 0 fully saturated rings. The number of hydrogen-bond acceptors (Lipinski definition) is 4. The molecular formula is C13H17FN4O. The Morgan fingerprint density at radius 1 is 1.42 bits per heavy atom. The van der Waals surface area contributed by atoms with Gasteiger partial charge in [-0.2, -0.15) is 5.10 Å². The number of nitrogens with one attached hydrogen (secondary N) is 1. The molecule has 0 aliphatic rings. The summed E-state index contributed by atoms with van der Waals surface area (Å²) in [6, 6.07) is 4.58. The Labute approximate surface area is 111 Å². The molecule has 1 aromatic heterocycles. The second-order valence-corrected chi connectivity index (χ2v) is 4.10. The van der Waals surface area contributed by atoms with Gasteiger partial charge in [-0.25, -0.2) is 14.1 Å². The molecule has 0 radical (unpaired) electrons. The summed E-state index contributed by atoms with van der Waals surface area (Å²) < 4.78 is 20.5. The molecule has 1 aromatic carbocycles. The summed E-state index contributed by atoms with van der Waals surface area (Å²) in [7, 11) is 1.55. The Morgan fingerprint density at radius 3 is 3.00 bits per heavy atom. The molecular weight excluding hydrogens is 247 g/mol. The van der Waals surface area contributed by atoms with E-state index in [-0.39, 0.29) is 5.82 Å². The van der Waals surface area contributed by atoms with Crippen LogP contribution in [0.3, 0.4) is 0 Å². The first kappa shape index (κ1) is 13.3. The molecule has 0 atom stereocenters. The lowest BCUT2D eigenvalue weighted by Gasteiger charge is -2.09. The summed E-state index contributed by atoms with van der Waals surface area (Å²) in [6.45, 7) is 3.29. The molecule has 102 valence electrons. The maximum atomic E-state index is 13.6. The van der Waals surface area contributed by atoms with Crippen LogP contribution in [0.5, 0.6) is 5.75 Å². The highest BCUT2D eigenvalue weighted by molar-refractivity contribution is 5.49. The number of anilines is 1. The second-order valence-electron chi connectivity index (χ2n) is 4.10. The first-order valence-corrected chi connectivity index (χ1v) is 6.18. The van der Waals surface area contributed by atoms with Gasteiger partial charge in [-0.1, -0.05) is 6.92 Å². The molecule has 0 aliphatic carbocycles. The Morgan fingerprint density at radius 2 is 2.26 bits per heavy atom. The molecule has 2 rings (SSSR count). The van der Waals surface area contributed by atoms with Crippen molar-refractivity contribution in [1.29, 1.82) is 0 Å². The lowest BCUT2D eigenvalue weighted by molar-refractivity contribution is 0.414. The zero-order valence-electron chi connectivity index (χ0n) is 11.1. The first-order chi connectivity index (χ1) is 9.24. The van der Waals surface area contributed by atoms with Crippen molar-refractivity contribution in [2.24, 2.45) is 0 Å². The van der Waals surface area contributed by atoms with Gasteiger partial charge in [0.2, 0.25) is 0 Å². The van der Waals surface area contributed by atoms with E-state index in [2.05, 4.69) is 22.3 Å². The molecule has 0 aliphatic heterocycles. The average Bonchev–Trinajstić information content (AvgIpc) is 2.86. The molecule has 1 N–H and O–H groups in total. The zero-order valence-corrected chi connectivity index (χ0v) is 11.1. The summed E-state index contributed by atoms with van der Waals surface area (Å²) in [5.74, 6) is 1.07. The molecule has 1 heterocycles. The summed E-state index contributed by atoms with van der Waals surface area (Å²) in [5.41, 5.74) is 0.394. The predicted molar refractivity (Wildman–Crippen MR) is 70.6 cm³/mol. The number of rotatable bonds is 6. The molecule has 0 saturated heterocycles. The van der Waals surface area contributed by atoms with Crippen LogP contribution in [0.4, 0.5) is 10.1 Å².